The lowest BCUT2D eigenvalue weighted by molar-refractivity contribution is 0.0685. The van der Waals surface area contributed by atoms with Crippen molar-refractivity contribution in [1.82, 2.24) is 19.9 Å². The maximum Gasteiger partial charge on any atom is 0.253 e. The zero-order chi connectivity index (χ0) is 20.8. The molecule has 1 saturated heterocycles. The average molecular weight is 405 g/mol. The number of rotatable bonds is 8. The number of carbonyl (C=O) groups is 2. The predicted octanol–water partition coefficient (Wildman–Crippen LogP) is 4.64. The van der Waals surface area contributed by atoms with E-state index >= 15 is 0 Å². The van der Waals surface area contributed by atoms with E-state index in [1.807, 2.05) is 17.0 Å². The van der Waals surface area contributed by atoms with Crippen LogP contribution in [-0.2, 0) is 0 Å². The molecule has 0 saturated carbocycles. The molecule has 1 fully saturated rings. The van der Waals surface area contributed by atoms with Crippen molar-refractivity contribution < 1.29 is 9.59 Å². The molecule has 0 aromatic carbocycles. The summed E-state index contributed by atoms with van der Waals surface area (Å²) in [6, 6.07) is 7.35. The summed E-state index contributed by atoms with van der Waals surface area (Å²) in [6.07, 6.45) is 13.9. The molecule has 0 unspecified atom stereocenters. The van der Waals surface area contributed by atoms with Gasteiger partial charge in [0.05, 0.1) is 5.69 Å². The number of likely N-dealkylation sites (tertiary alicyclic amines) is 1. The van der Waals surface area contributed by atoms with Crippen LogP contribution in [-0.4, -0.2) is 44.6 Å². The molecule has 4 rings (SSSR count). The minimum Gasteiger partial charge on any atom is -0.352 e. The number of ketones is 1. The Morgan fingerprint density at radius 3 is 2.53 bits per heavy atom. The quantitative estimate of drug-likeness (QED) is 0.438. The van der Waals surface area contributed by atoms with E-state index < -0.39 is 0 Å². The first-order valence-electron chi connectivity index (χ1n) is 10.9. The lowest BCUT2D eigenvalue weighted by Crippen LogP contribution is -2.38. The zero-order valence-corrected chi connectivity index (χ0v) is 17.2. The topological polar surface area (TPSA) is 79.0 Å². The number of unbranched alkanes of at least 4 members (excludes halogenated alkanes) is 2. The van der Waals surface area contributed by atoms with Crippen LogP contribution in [0, 0.1) is 5.92 Å². The highest BCUT2D eigenvalue weighted by Gasteiger charge is 2.23. The molecule has 0 atom stereocenters. The van der Waals surface area contributed by atoms with Gasteiger partial charge in [0, 0.05) is 60.8 Å². The van der Waals surface area contributed by atoms with Crippen LogP contribution in [0.2, 0.25) is 0 Å². The van der Waals surface area contributed by atoms with Crippen molar-refractivity contribution in [3.63, 3.8) is 0 Å². The molecule has 0 bridgehead atoms. The Morgan fingerprint density at radius 2 is 1.77 bits per heavy atom. The molecule has 1 N–H and O–H groups in total. The van der Waals surface area contributed by atoms with Crippen LogP contribution in [0.5, 0.6) is 0 Å². The fourth-order valence-corrected chi connectivity index (χ4v) is 4.25. The molecule has 4 heterocycles. The third kappa shape index (κ3) is 4.93. The van der Waals surface area contributed by atoms with Gasteiger partial charge in [-0.05, 0) is 49.4 Å². The number of nitrogens with zero attached hydrogens (tertiary/aromatic N) is 3. The largest absolute Gasteiger partial charge is 0.352 e. The second-order valence-corrected chi connectivity index (χ2v) is 8.14. The van der Waals surface area contributed by atoms with E-state index in [4.69, 9.17) is 0 Å². The Kier molecular flexibility index (Phi) is 6.52. The van der Waals surface area contributed by atoms with Crippen LogP contribution in [0.4, 0.5) is 0 Å². The van der Waals surface area contributed by atoms with Gasteiger partial charge >= 0.3 is 0 Å². The standard InChI is InChI=1S/C24H28N4O2/c29-23(22-16-20-17-26-13-8-21(20)27-22)5-3-1-2-4-18-9-14-28(15-10-18)24(30)19-6-11-25-12-7-19/h6-8,11-13,16-18,27H,1-5,9-10,14-15H2. The fourth-order valence-electron chi connectivity index (χ4n) is 4.25. The minimum atomic E-state index is 0.113. The number of aromatic nitrogens is 3. The molecular formula is C24H28N4O2. The molecule has 6 nitrogen and oxygen atoms in total. The number of aromatic amines is 1. The molecule has 3 aromatic heterocycles. The van der Waals surface area contributed by atoms with Gasteiger partial charge in [0.15, 0.2) is 5.78 Å². The van der Waals surface area contributed by atoms with Crippen molar-refractivity contribution in [2.45, 2.75) is 44.9 Å². The third-order valence-electron chi connectivity index (χ3n) is 6.07. The molecule has 0 aliphatic carbocycles. The van der Waals surface area contributed by atoms with E-state index in [0.29, 0.717) is 18.0 Å². The van der Waals surface area contributed by atoms with E-state index in [9.17, 15) is 9.59 Å². The maximum atomic E-state index is 12.5. The second kappa shape index (κ2) is 9.65. The Hall–Kier alpha value is -3.02. The SMILES string of the molecule is O=C(CCCCCC1CCN(C(=O)c2ccncc2)CC1)c1cc2cnccc2[nH]1. The van der Waals surface area contributed by atoms with Gasteiger partial charge in [0.2, 0.25) is 0 Å². The van der Waals surface area contributed by atoms with Crippen LogP contribution >= 0.6 is 0 Å². The summed E-state index contributed by atoms with van der Waals surface area (Å²) in [6.45, 7) is 1.67. The van der Waals surface area contributed by atoms with E-state index in [1.165, 1.54) is 6.42 Å². The Morgan fingerprint density at radius 1 is 1.00 bits per heavy atom. The van der Waals surface area contributed by atoms with Crippen molar-refractivity contribution in [3.05, 3.63) is 60.3 Å². The highest BCUT2D eigenvalue weighted by atomic mass is 16.2. The number of H-pyrrole nitrogens is 1. The van der Waals surface area contributed by atoms with E-state index in [1.54, 1.807) is 36.9 Å². The van der Waals surface area contributed by atoms with E-state index in [-0.39, 0.29) is 11.7 Å². The number of carbonyl (C=O) groups excluding carboxylic acids is 2. The molecule has 1 aliphatic rings. The van der Waals surface area contributed by atoms with Gasteiger partial charge in [0.25, 0.3) is 5.91 Å². The molecule has 6 heteroatoms. The molecule has 0 spiro atoms. The van der Waals surface area contributed by atoms with Crippen molar-refractivity contribution in [3.8, 4) is 0 Å². The highest BCUT2D eigenvalue weighted by molar-refractivity contribution is 5.99. The van der Waals surface area contributed by atoms with Gasteiger partial charge in [-0.1, -0.05) is 19.3 Å². The summed E-state index contributed by atoms with van der Waals surface area (Å²) >= 11 is 0. The number of piperidine rings is 1. The highest BCUT2D eigenvalue weighted by Crippen LogP contribution is 2.24. The number of nitrogens with one attached hydrogen (secondary N) is 1. The van der Waals surface area contributed by atoms with Crippen LogP contribution in [0.3, 0.4) is 0 Å². The average Bonchev–Trinajstić information content (AvgIpc) is 3.24. The number of hydrogen-bond donors (Lipinski definition) is 1. The number of pyridine rings is 2. The van der Waals surface area contributed by atoms with Crippen LogP contribution in [0.1, 0.15) is 65.8 Å². The summed E-state index contributed by atoms with van der Waals surface area (Å²) in [5.41, 5.74) is 2.37. The molecular weight excluding hydrogens is 376 g/mol. The predicted molar refractivity (Wildman–Crippen MR) is 116 cm³/mol. The minimum absolute atomic E-state index is 0.113. The van der Waals surface area contributed by atoms with E-state index in [2.05, 4.69) is 15.0 Å². The lowest BCUT2D eigenvalue weighted by Gasteiger charge is -2.32. The van der Waals surface area contributed by atoms with Crippen LogP contribution < -0.4 is 0 Å². The lowest BCUT2D eigenvalue weighted by atomic mass is 9.90. The molecule has 1 aliphatic heterocycles. The Labute approximate surface area is 176 Å². The van der Waals surface area contributed by atoms with Crippen molar-refractivity contribution in [2.24, 2.45) is 5.92 Å². The summed E-state index contributed by atoms with van der Waals surface area (Å²) in [4.78, 5) is 38.1. The first-order chi connectivity index (χ1) is 14.7. The first kappa shape index (κ1) is 20.3. The van der Waals surface area contributed by atoms with Gasteiger partial charge in [-0.25, -0.2) is 0 Å². The summed E-state index contributed by atoms with van der Waals surface area (Å²) in [7, 11) is 0. The van der Waals surface area contributed by atoms with Gasteiger partial charge in [0.1, 0.15) is 0 Å². The monoisotopic (exact) mass is 404 g/mol. The molecule has 0 radical (unpaired) electrons. The molecule has 3 aromatic rings. The van der Waals surface area contributed by atoms with Crippen molar-refractivity contribution in [2.75, 3.05) is 13.1 Å². The molecule has 1 amide bonds. The molecule has 30 heavy (non-hydrogen) atoms. The zero-order valence-electron chi connectivity index (χ0n) is 17.2. The number of fused-ring (bicyclic) bond motifs is 1. The van der Waals surface area contributed by atoms with E-state index in [0.717, 1.165) is 61.7 Å². The smallest absolute Gasteiger partial charge is 0.253 e. The van der Waals surface area contributed by atoms with Crippen LogP contribution in [0.25, 0.3) is 10.9 Å². The maximum absolute atomic E-state index is 12.5. The fraction of sp³-hybridized carbons (Fsp3) is 0.417. The molecule has 156 valence electrons. The van der Waals surface area contributed by atoms with Gasteiger partial charge in [-0.2, -0.15) is 0 Å². The summed E-state index contributed by atoms with van der Waals surface area (Å²) in [5, 5.41) is 0.981. The van der Waals surface area contributed by atoms with Gasteiger partial charge in [-0.3, -0.25) is 19.6 Å². The Balaban J connectivity index is 1.13. The Bertz CT molecular complexity index is 958. The normalized spacial score (nSPS) is 14.9. The summed E-state index contributed by atoms with van der Waals surface area (Å²) < 4.78 is 0. The van der Waals surface area contributed by atoms with Gasteiger partial charge in [-0.15, -0.1) is 0 Å². The van der Waals surface area contributed by atoms with Gasteiger partial charge < -0.3 is 9.88 Å². The van der Waals surface area contributed by atoms with Crippen molar-refractivity contribution >= 4 is 22.6 Å². The first-order valence-corrected chi connectivity index (χ1v) is 10.9. The number of amides is 1. The number of hydrogen-bond acceptors (Lipinski definition) is 4. The van der Waals surface area contributed by atoms with Crippen molar-refractivity contribution in [1.29, 1.82) is 0 Å². The van der Waals surface area contributed by atoms with Crippen LogP contribution in [0.15, 0.2) is 49.1 Å². The summed E-state index contributed by atoms with van der Waals surface area (Å²) in [5.74, 6) is 0.972. The third-order valence-corrected chi connectivity index (χ3v) is 6.07. The number of Topliss-reactive ketones (excluding diaryl/α,β-unsaturated/α-hetero) is 1. The second-order valence-electron chi connectivity index (χ2n) is 8.14.